The number of carbonyl (C=O) groups excluding carboxylic acids is 2. The molecule has 174 valence electrons. The largest absolute Gasteiger partial charge is 0.507 e. The van der Waals surface area contributed by atoms with Crippen LogP contribution in [0.15, 0.2) is 84.4 Å². The van der Waals surface area contributed by atoms with Gasteiger partial charge in [-0.2, -0.15) is 0 Å². The number of anilines is 1. The zero-order valence-corrected chi connectivity index (χ0v) is 20.4. The lowest BCUT2D eigenvalue weighted by molar-refractivity contribution is -0.132. The third kappa shape index (κ3) is 4.28. The molecule has 1 N–H and O–H groups in total. The van der Waals surface area contributed by atoms with Crippen LogP contribution in [0.25, 0.3) is 5.76 Å². The minimum absolute atomic E-state index is 0.0307. The van der Waals surface area contributed by atoms with Crippen molar-refractivity contribution in [1.82, 2.24) is 0 Å². The van der Waals surface area contributed by atoms with Crippen LogP contribution >= 0.6 is 0 Å². The summed E-state index contributed by atoms with van der Waals surface area (Å²) in [5.41, 5.74) is 4.28. The van der Waals surface area contributed by atoms with Crippen molar-refractivity contribution >= 4 is 23.1 Å². The summed E-state index contributed by atoms with van der Waals surface area (Å²) in [6.45, 7) is 10.6. The van der Waals surface area contributed by atoms with Crippen LogP contribution in [0.1, 0.15) is 68.8 Å². The van der Waals surface area contributed by atoms with E-state index in [4.69, 9.17) is 0 Å². The number of benzene rings is 3. The van der Waals surface area contributed by atoms with Crippen LogP contribution in [-0.4, -0.2) is 16.8 Å². The van der Waals surface area contributed by atoms with Crippen LogP contribution < -0.4 is 4.90 Å². The first-order chi connectivity index (χ1) is 16.1. The van der Waals surface area contributed by atoms with Crippen molar-refractivity contribution in [3.05, 3.63) is 107 Å². The molecule has 1 atom stereocenters. The van der Waals surface area contributed by atoms with E-state index < -0.39 is 17.7 Å². The summed E-state index contributed by atoms with van der Waals surface area (Å²) < 4.78 is 0. The van der Waals surface area contributed by atoms with E-state index in [1.807, 2.05) is 54.6 Å². The van der Waals surface area contributed by atoms with Crippen LogP contribution in [0.4, 0.5) is 5.69 Å². The van der Waals surface area contributed by atoms with Gasteiger partial charge in [-0.25, -0.2) is 0 Å². The fourth-order valence-corrected chi connectivity index (χ4v) is 4.35. The molecule has 4 nitrogen and oxygen atoms in total. The highest BCUT2D eigenvalue weighted by Gasteiger charge is 2.47. The summed E-state index contributed by atoms with van der Waals surface area (Å²) in [6, 6.07) is 23.8. The second-order valence-electron chi connectivity index (χ2n) is 10.2. The number of carbonyl (C=O) groups is 2. The molecular weight excluding hydrogens is 422 g/mol. The fraction of sp³-hybridized carbons (Fsp3) is 0.267. The lowest BCUT2D eigenvalue weighted by atomic mass is 9.85. The van der Waals surface area contributed by atoms with Gasteiger partial charge in [0.15, 0.2) is 0 Å². The monoisotopic (exact) mass is 453 g/mol. The van der Waals surface area contributed by atoms with Crippen molar-refractivity contribution in [2.45, 2.75) is 52.0 Å². The summed E-state index contributed by atoms with van der Waals surface area (Å²) in [5, 5.41) is 11.2. The van der Waals surface area contributed by atoms with Crippen LogP contribution in [0.2, 0.25) is 0 Å². The van der Waals surface area contributed by atoms with E-state index >= 15 is 0 Å². The SMILES string of the molecule is CC(C)c1ccc(N2C(=O)C(=O)/C(=C(\O)c3ccccc3)C2c2ccc(C(C)(C)C)cc2)cc1. The molecule has 0 saturated carbocycles. The normalized spacial score (nSPS) is 18.1. The molecule has 0 aliphatic carbocycles. The van der Waals surface area contributed by atoms with E-state index in [1.54, 1.807) is 24.3 Å². The summed E-state index contributed by atoms with van der Waals surface area (Å²) in [4.78, 5) is 28.1. The van der Waals surface area contributed by atoms with E-state index in [9.17, 15) is 14.7 Å². The Labute approximate surface area is 201 Å². The second-order valence-corrected chi connectivity index (χ2v) is 10.2. The highest BCUT2D eigenvalue weighted by atomic mass is 16.3. The average molecular weight is 454 g/mol. The quantitative estimate of drug-likeness (QED) is 0.271. The zero-order chi connectivity index (χ0) is 24.6. The molecular formula is C30H31NO3. The molecule has 1 heterocycles. The molecule has 1 amide bonds. The molecule has 0 aromatic heterocycles. The number of nitrogens with zero attached hydrogens (tertiary/aromatic N) is 1. The number of Topliss-reactive ketones (excluding diaryl/α,β-unsaturated/α-hetero) is 1. The first-order valence-corrected chi connectivity index (χ1v) is 11.7. The lowest BCUT2D eigenvalue weighted by Gasteiger charge is -2.27. The molecule has 0 spiro atoms. The Morgan fingerprint density at radius 2 is 1.44 bits per heavy atom. The van der Waals surface area contributed by atoms with Crippen molar-refractivity contribution in [3.63, 3.8) is 0 Å². The number of amides is 1. The highest BCUT2D eigenvalue weighted by molar-refractivity contribution is 6.51. The molecule has 0 bridgehead atoms. The molecule has 3 aromatic rings. The lowest BCUT2D eigenvalue weighted by Crippen LogP contribution is -2.29. The predicted molar refractivity (Wildman–Crippen MR) is 137 cm³/mol. The van der Waals surface area contributed by atoms with E-state index in [2.05, 4.69) is 34.6 Å². The van der Waals surface area contributed by atoms with Gasteiger partial charge >= 0.3 is 0 Å². The van der Waals surface area contributed by atoms with Gasteiger partial charge in [0, 0.05) is 11.3 Å². The Bertz CT molecular complexity index is 1230. The summed E-state index contributed by atoms with van der Waals surface area (Å²) >= 11 is 0. The fourth-order valence-electron chi connectivity index (χ4n) is 4.35. The number of rotatable bonds is 4. The molecule has 1 aliphatic heterocycles. The minimum atomic E-state index is -0.723. The Morgan fingerprint density at radius 3 is 1.97 bits per heavy atom. The standard InChI is InChI=1S/C30H31NO3/c1-19(2)20-13-17-24(18-14-20)31-26(21-11-15-23(16-12-21)30(3,4)5)25(28(33)29(31)34)27(32)22-9-7-6-8-10-22/h6-19,26,32H,1-5H3/b27-25-. The Morgan fingerprint density at radius 1 is 0.853 bits per heavy atom. The van der Waals surface area contributed by atoms with E-state index in [0.717, 1.165) is 16.7 Å². The molecule has 4 rings (SSSR count). The topological polar surface area (TPSA) is 57.6 Å². The van der Waals surface area contributed by atoms with Gasteiger partial charge in [0.2, 0.25) is 0 Å². The number of hydrogen-bond donors (Lipinski definition) is 1. The van der Waals surface area contributed by atoms with Gasteiger partial charge < -0.3 is 5.11 Å². The minimum Gasteiger partial charge on any atom is -0.507 e. The van der Waals surface area contributed by atoms with E-state index in [-0.39, 0.29) is 16.7 Å². The molecule has 1 saturated heterocycles. The Kier molecular flexibility index (Phi) is 6.18. The van der Waals surface area contributed by atoms with Crippen LogP contribution in [0.5, 0.6) is 0 Å². The average Bonchev–Trinajstić information content (AvgIpc) is 3.09. The maximum absolute atomic E-state index is 13.3. The smallest absolute Gasteiger partial charge is 0.300 e. The Balaban J connectivity index is 1.90. The number of aliphatic hydroxyl groups is 1. The molecule has 0 radical (unpaired) electrons. The zero-order valence-electron chi connectivity index (χ0n) is 20.4. The van der Waals surface area contributed by atoms with Gasteiger partial charge in [0.25, 0.3) is 11.7 Å². The number of ketones is 1. The molecule has 4 heteroatoms. The van der Waals surface area contributed by atoms with Crippen LogP contribution in [-0.2, 0) is 15.0 Å². The van der Waals surface area contributed by atoms with Crippen molar-refractivity contribution in [3.8, 4) is 0 Å². The predicted octanol–water partition coefficient (Wildman–Crippen LogP) is 6.73. The van der Waals surface area contributed by atoms with Gasteiger partial charge in [0.05, 0.1) is 11.6 Å². The van der Waals surface area contributed by atoms with Crippen LogP contribution in [0.3, 0.4) is 0 Å². The first-order valence-electron chi connectivity index (χ1n) is 11.7. The second kappa shape index (κ2) is 8.94. The first kappa shape index (κ1) is 23.5. The van der Waals surface area contributed by atoms with Gasteiger partial charge in [0.1, 0.15) is 5.76 Å². The molecule has 1 unspecified atom stereocenters. The van der Waals surface area contributed by atoms with Crippen molar-refractivity contribution in [2.75, 3.05) is 4.90 Å². The third-order valence-electron chi connectivity index (χ3n) is 6.42. The number of hydrogen-bond acceptors (Lipinski definition) is 3. The van der Waals surface area contributed by atoms with Crippen molar-refractivity contribution < 1.29 is 14.7 Å². The maximum atomic E-state index is 13.3. The van der Waals surface area contributed by atoms with Crippen molar-refractivity contribution in [2.24, 2.45) is 0 Å². The maximum Gasteiger partial charge on any atom is 0.300 e. The van der Waals surface area contributed by atoms with Gasteiger partial charge in [-0.1, -0.05) is 101 Å². The summed E-state index contributed by atoms with van der Waals surface area (Å²) in [7, 11) is 0. The molecule has 34 heavy (non-hydrogen) atoms. The summed E-state index contributed by atoms with van der Waals surface area (Å²) in [6.07, 6.45) is 0. The van der Waals surface area contributed by atoms with Crippen LogP contribution in [0, 0.1) is 0 Å². The summed E-state index contributed by atoms with van der Waals surface area (Å²) in [5.74, 6) is -1.13. The van der Waals surface area contributed by atoms with Gasteiger partial charge in [-0.05, 0) is 40.2 Å². The highest BCUT2D eigenvalue weighted by Crippen LogP contribution is 2.42. The number of aliphatic hydroxyl groups excluding tert-OH is 1. The molecule has 3 aromatic carbocycles. The van der Waals surface area contributed by atoms with Gasteiger partial charge in [-0.3, -0.25) is 14.5 Å². The van der Waals surface area contributed by atoms with E-state index in [1.165, 1.54) is 4.90 Å². The van der Waals surface area contributed by atoms with Gasteiger partial charge in [-0.15, -0.1) is 0 Å². The molecule has 1 fully saturated rings. The third-order valence-corrected chi connectivity index (χ3v) is 6.42. The van der Waals surface area contributed by atoms with E-state index in [0.29, 0.717) is 17.2 Å². The Hall–Kier alpha value is -3.66. The van der Waals surface area contributed by atoms with Crippen molar-refractivity contribution in [1.29, 1.82) is 0 Å². The molecule has 1 aliphatic rings.